The van der Waals surface area contributed by atoms with Crippen molar-refractivity contribution in [3.63, 3.8) is 0 Å². The van der Waals surface area contributed by atoms with E-state index in [1.807, 2.05) is 24.3 Å². The zero-order chi connectivity index (χ0) is 15.8. The molecule has 2 rings (SSSR count). The van der Waals surface area contributed by atoms with Gasteiger partial charge in [-0.25, -0.2) is 0 Å². The molecule has 0 aromatic heterocycles. The van der Waals surface area contributed by atoms with Crippen LogP contribution >= 0.6 is 12.4 Å². The summed E-state index contributed by atoms with van der Waals surface area (Å²) in [4.78, 5) is 23.9. The maximum absolute atomic E-state index is 12.1. The minimum atomic E-state index is -0.0574. The molecule has 0 aliphatic carbocycles. The van der Waals surface area contributed by atoms with Gasteiger partial charge in [-0.05, 0) is 24.9 Å². The van der Waals surface area contributed by atoms with Crippen LogP contribution in [0.1, 0.15) is 42.1 Å². The summed E-state index contributed by atoms with van der Waals surface area (Å²) in [6, 6.07) is 7.63. The zero-order valence-electron chi connectivity index (χ0n) is 13.6. The number of Topliss-reactive ketones (excluding diaryl/α,β-unsaturated/α-hetero) is 1. The third kappa shape index (κ3) is 6.55. The third-order valence-electron chi connectivity index (χ3n) is 3.93. The number of halogens is 1. The van der Waals surface area contributed by atoms with Gasteiger partial charge in [0.05, 0.1) is 0 Å². The number of hydrogen-bond acceptors (Lipinski definition) is 3. The van der Waals surface area contributed by atoms with Crippen molar-refractivity contribution in [1.82, 2.24) is 10.6 Å². The zero-order valence-corrected chi connectivity index (χ0v) is 14.4. The Morgan fingerprint density at radius 1 is 1.17 bits per heavy atom. The molecule has 1 aliphatic rings. The summed E-state index contributed by atoms with van der Waals surface area (Å²) in [5, 5.41) is 6.13. The summed E-state index contributed by atoms with van der Waals surface area (Å²) in [7, 11) is 0. The van der Waals surface area contributed by atoms with Gasteiger partial charge in [0.25, 0.3) is 0 Å². The second-order valence-corrected chi connectivity index (χ2v) is 5.57. The van der Waals surface area contributed by atoms with Crippen LogP contribution < -0.4 is 10.6 Å². The minimum Gasteiger partial charge on any atom is -0.352 e. The van der Waals surface area contributed by atoms with Crippen LogP contribution in [0.15, 0.2) is 35.9 Å². The van der Waals surface area contributed by atoms with Gasteiger partial charge in [-0.1, -0.05) is 42.8 Å². The number of carbonyl (C=O) groups is 2. The van der Waals surface area contributed by atoms with Crippen LogP contribution in [0.3, 0.4) is 0 Å². The number of amides is 1. The Kier molecular flexibility index (Phi) is 8.59. The van der Waals surface area contributed by atoms with Crippen LogP contribution in [0.5, 0.6) is 0 Å². The minimum absolute atomic E-state index is 0. The average Bonchev–Trinajstić information content (AvgIpc) is 2.58. The molecule has 0 saturated carbocycles. The van der Waals surface area contributed by atoms with E-state index in [1.165, 1.54) is 11.1 Å². The molecule has 0 saturated heterocycles. The molecule has 0 atom stereocenters. The summed E-state index contributed by atoms with van der Waals surface area (Å²) in [5.74, 6) is -0.0307. The van der Waals surface area contributed by atoms with Crippen molar-refractivity contribution in [2.24, 2.45) is 0 Å². The molecule has 0 spiro atoms. The van der Waals surface area contributed by atoms with Crippen molar-refractivity contribution in [3.8, 4) is 0 Å². The standard InChI is InChI=1S/C18H24N2O2.ClH/c1-2-14-3-5-16(6-4-14)17(21)7-8-18(22)20-13-15-9-11-19-12-10-15;/h3-6,9,19H,2,7-8,10-13H2,1H3,(H,20,22);1H. The molecule has 1 heterocycles. The summed E-state index contributed by atoms with van der Waals surface area (Å²) in [5.41, 5.74) is 3.16. The summed E-state index contributed by atoms with van der Waals surface area (Å²) in [6.07, 6.45) is 4.56. The number of carbonyl (C=O) groups excluding carboxylic acids is 2. The number of benzene rings is 1. The van der Waals surface area contributed by atoms with E-state index in [9.17, 15) is 9.59 Å². The van der Waals surface area contributed by atoms with E-state index < -0.39 is 0 Å². The Hall–Kier alpha value is -1.65. The second-order valence-electron chi connectivity index (χ2n) is 5.57. The number of aryl methyl sites for hydroxylation is 1. The molecule has 1 aromatic carbocycles. The van der Waals surface area contributed by atoms with Gasteiger partial charge in [0.1, 0.15) is 0 Å². The van der Waals surface area contributed by atoms with Gasteiger partial charge in [0.15, 0.2) is 5.78 Å². The molecule has 4 nitrogen and oxygen atoms in total. The lowest BCUT2D eigenvalue weighted by molar-refractivity contribution is -0.120. The van der Waals surface area contributed by atoms with Crippen LogP contribution in [-0.4, -0.2) is 31.3 Å². The number of nitrogens with one attached hydrogen (secondary N) is 2. The largest absolute Gasteiger partial charge is 0.352 e. The molecule has 23 heavy (non-hydrogen) atoms. The van der Waals surface area contributed by atoms with E-state index in [-0.39, 0.29) is 36.9 Å². The van der Waals surface area contributed by atoms with Gasteiger partial charge in [-0.2, -0.15) is 0 Å². The van der Waals surface area contributed by atoms with Crippen molar-refractivity contribution in [2.75, 3.05) is 19.6 Å². The SMILES string of the molecule is CCc1ccc(C(=O)CCC(=O)NCC2=CCNCC2)cc1.Cl. The Bertz CT molecular complexity index is 553. The Morgan fingerprint density at radius 2 is 1.91 bits per heavy atom. The highest BCUT2D eigenvalue weighted by Crippen LogP contribution is 2.09. The Morgan fingerprint density at radius 3 is 2.52 bits per heavy atom. The lowest BCUT2D eigenvalue weighted by Crippen LogP contribution is -2.29. The molecule has 0 radical (unpaired) electrons. The first kappa shape index (κ1) is 19.4. The average molecular weight is 337 g/mol. The van der Waals surface area contributed by atoms with E-state index in [0.717, 1.165) is 25.9 Å². The lowest BCUT2D eigenvalue weighted by Gasteiger charge is -2.14. The normalized spacial score (nSPS) is 13.7. The van der Waals surface area contributed by atoms with Crippen LogP contribution in [-0.2, 0) is 11.2 Å². The van der Waals surface area contributed by atoms with Crippen LogP contribution in [0, 0.1) is 0 Å². The molecular weight excluding hydrogens is 312 g/mol. The van der Waals surface area contributed by atoms with Gasteiger partial charge in [0, 0.05) is 31.5 Å². The van der Waals surface area contributed by atoms with Crippen molar-refractivity contribution in [1.29, 1.82) is 0 Å². The van der Waals surface area contributed by atoms with Crippen molar-refractivity contribution in [3.05, 3.63) is 47.0 Å². The smallest absolute Gasteiger partial charge is 0.220 e. The van der Waals surface area contributed by atoms with Crippen molar-refractivity contribution < 1.29 is 9.59 Å². The monoisotopic (exact) mass is 336 g/mol. The molecule has 1 aromatic rings. The molecule has 2 N–H and O–H groups in total. The summed E-state index contributed by atoms with van der Waals surface area (Å²) in [6.45, 7) is 4.52. The first-order valence-corrected chi connectivity index (χ1v) is 7.96. The number of hydrogen-bond donors (Lipinski definition) is 2. The van der Waals surface area contributed by atoms with Gasteiger partial charge in [-0.15, -0.1) is 12.4 Å². The highest BCUT2D eigenvalue weighted by atomic mass is 35.5. The molecule has 126 valence electrons. The van der Waals surface area contributed by atoms with Crippen molar-refractivity contribution >= 4 is 24.1 Å². The van der Waals surface area contributed by atoms with E-state index in [1.54, 1.807) is 0 Å². The van der Waals surface area contributed by atoms with E-state index in [0.29, 0.717) is 12.1 Å². The van der Waals surface area contributed by atoms with Gasteiger partial charge < -0.3 is 10.6 Å². The Balaban J connectivity index is 0.00000264. The van der Waals surface area contributed by atoms with Crippen LogP contribution in [0.25, 0.3) is 0 Å². The van der Waals surface area contributed by atoms with Gasteiger partial charge in [0.2, 0.25) is 5.91 Å². The quantitative estimate of drug-likeness (QED) is 0.594. The molecule has 1 aliphatic heterocycles. The van der Waals surface area contributed by atoms with E-state index >= 15 is 0 Å². The maximum atomic E-state index is 12.1. The molecule has 0 unspecified atom stereocenters. The molecule has 0 fully saturated rings. The van der Waals surface area contributed by atoms with E-state index in [2.05, 4.69) is 23.6 Å². The Labute approximate surface area is 144 Å². The first-order valence-electron chi connectivity index (χ1n) is 7.96. The first-order chi connectivity index (χ1) is 10.7. The molecule has 5 heteroatoms. The predicted molar refractivity (Wildman–Crippen MR) is 95.2 cm³/mol. The molecule has 0 bridgehead atoms. The molecular formula is C18H25ClN2O2. The highest BCUT2D eigenvalue weighted by Gasteiger charge is 2.10. The fourth-order valence-electron chi connectivity index (χ4n) is 2.43. The van der Waals surface area contributed by atoms with Crippen molar-refractivity contribution in [2.45, 2.75) is 32.6 Å². The number of rotatable bonds is 7. The topological polar surface area (TPSA) is 58.2 Å². The third-order valence-corrected chi connectivity index (χ3v) is 3.93. The fourth-order valence-corrected chi connectivity index (χ4v) is 2.43. The maximum Gasteiger partial charge on any atom is 0.220 e. The highest BCUT2D eigenvalue weighted by molar-refractivity contribution is 5.97. The lowest BCUT2D eigenvalue weighted by atomic mass is 10.0. The predicted octanol–water partition coefficient (Wildman–Crippen LogP) is 2.67. The summed E-state index contributed by atoms with van der Waals surface area (Å²) < 4.78 is 0. The van der Waals surface area contributed by atoms with Gasteiger partial charge in [-0.3, -0.25) is 9.59 Å². The van der Waals surface area contributed by atoms with Crippen LogP contribution in [0.2, 0.25) is 0 Å². The summed E-state index contributed by atoms with van der Waals surface area (Å²) >= 11 is 0. The second kappa shape index (κ2) is 10.2. The number of ketones is 1. The molecule has 1 amide bonds. The van der Waals surface area contributed by atoms with Gasteiger partial charge >= 0.3 is 0 Å². The van der Waals surface area contributed by atoms with E-state index in [4.69, 9.17) is 0 Å². The fraction of sp³-hybridized carbons (Fsp3) is 0.444. The van der Waals surface area contributed by atoms with Crippen LogP contribution in [0.4, 0.5) is 0 Å².